The predicted octanol–water partition coefficient (Wildman–Crippen LogP) is 1.22. The molecular formula is C14H30N2O2. The third kappa shape index (κ3) is 7.31. The van der Waals surface area contributed by atoms with Crippen LogP contribution in [-0.4, -0.2) is 64.6 Å². The van der Waals surface area contributed by atoms with Gasteiger partial charge in [0.25, 0.3) is 0 Å². The summed E-state index contributed by atoms with van der Waals surface area (Å²) in [4.78, 5) is 2.51. The van der Waals surface area contributed by atoms with Crippen molar-refractivity contribution in [2.45, 2.75) is 20.3 Å². The van der Waals surface area contributed by atoms with Gasteiger partial charge in [0, 0.05) is 20.2 Å². The van der Waals surface area contributed by atoms with Crippen LogP contribution in [0.5, 0.6) is 0 Å². The molecule has 18 heavy (non-hydrogen) atoms. The van der Waals surface area contributed by atoms with Gasteiger partial charge in [-0.1, -0.05) is 13.8 Å². The molecule has 0 aromatic heterocycles. The minimum atomic E-state index is 0.696. The molecule has 1 unspecified atom stereocenters. The third-order valence-electron chi connectivity index (χ3n) is 3.34. The average Bonchev–Trinajstić information content (AvgIpc) is 2.76. The number of hydrogen-bond donors (Lipinski definition) is 1. The van der Waals surface area contributed by atoms with Crippen molar-refractivity contribution in [3.63, 3.8) is 0 Å². The van der Waals surface area contributed by atoms with Crippen molar-refractivity contribution in [1.29, 1.82) is 0 Å². The molecular weight excluding hydrogens is 228 g/mol. The SMILES string of the molecule is COCCOCCN1CCC(CNCC(C)C)C1. The van der Waals surface area contributed by atoms with E-state index in [0.29, 0.717) is 13.2 Å². The fraction of sp³-hybridized carbons (Fsp3) is 1.00. The summed E-state index contributed by atoms with van der Waals surface area (Å²) < 4.78 is 10.4. The summed E-state index contributed by atoms with van der Waals surface area (Å²) >= 11 is 0. The zero-order valence-electron chi connectivity index (χ0n) is 12.3. The largest absolute Gasteiger partial charge is 0.382 e. The van der Waals surface area contributed by atoms with E-state index in [1.165, 1.54) is 26.1 Å². The first-order valence-corrected chi connectivity index (χ1v) is 7.22. The van der Waals surface area contributed by atoms with Crippen LogP contribution in [0.2, 0.25) is 0 Å². The highest BCUT2D eigenvalue weighted by atomic mass is 16.5. The minimum Gasteiger partial charge on any atom is -0.382 e. The van der Waals surface area contributed by atoms with Crippen LogP contribution >= 0.6 is 0 Å². The van der Waals surface area contributed by atoms with Gasteiger partial charge in [0.15, 0.2) is 0 Å². The van der Waals surface area contributed by atoms with E-state index < -0.39 is 0 Å². The van der Waals surface area contributed by atoms with Gasteiger partial charge >= 0.3 is 0 Å². The molecule has 0 radical (unpaired) electrons. The quantitative estimate of drug-likeness (QED) is 0.597. The van der Waals surface area contributed by atoms with Crippen molar-refractivity contribution in [3.05, 3.63) is 0 Å². The fourth-order valence-corrected chi connectivity index (χ4v) is 2.30. The van der Waals surface area contributed by atoms with Crippen LogP contribution in [0.4, 0.5) is 0 Å². The van der Waals surface area contributed by atoms with Crippen LogP contribution in [0.15, 0.2) is 0 Å². The summed E-state index contributed by atoms with van der Waals surface area (Å²) in [5.74, 6) is 1.57. The van der Waals surface area contributed by atoms with Gasteiger partial charge in [0.1, 0.15) is 0 Å². The Morgan fingerprint density at radius 2 is 2.11 bits per heavy atom. The average molecular weight is 258 g/mol. The second kappa shape index (κ2) is 9.73. The Balaban J connectivity index is 1.96. The van der Waals surface area contributed by atoms with E-state index in [9.17, 15) is 0 Å². The Hall–Kier alpha value is -0.160. The maximum atomic E-state index is 5.50. The normalized spacial score (nSPS) is 21.0. The topological polar surface area (TPSA) is 33.7 Å². The molecule has 108 valence electrons. The molecule has 1 aliphatic rings. The Morgan fingerprint density at radius 1 is 1.28 bits per heavy atom. The van der Waals surface area contributed by atoms with Crippen molar-refractivity contribution in [1.82, 2.24) is 10.2 Å². The first-order chi connectivity index (χ1) is 8.72. The molecule has 0 amide bonds. The summed E-state index contributed by atoms with van der Waals surface area (Å²) in [7, 11) is 1.71. The van der Waals surface area contributed by atoms with E-state index in [0.717, 1.165) is 31.5 Å². The van der Waals surface area contributed by atoms with Gasteiger partial charge in [-0.2, -0.15) is 0 Å². The lowest BCUT2D eigenvalue weighted by molar-refractivity contribution is 0.0599. The van der Waals surface area contributed by atoms with Crippen LogP contribution in [0.3, 0.4) is 0 Å². The van der Waals surface area contributed by atoms with Crippen LogP contribution in [0, 0.1) is 11.8 Å². The first kappa shape index (κ1) is 15.9. The Kier molecular flexibility index (Phi) is 8.59. The molecule has 1 atom stereocenters. The van der Waals surface area contributed by atoms with Crippen molar-refractivity contribution in [2.24, 2.45) is 11.8 Å². The van der Waals surface area contributed by atoms with Crippen molar-refractivity contribution >= 4 is 0 Å². The molecule has 0 aromatic rings. The van der Waals surface area contributed by atoms with Gasteiger partial charge in [0.05, 0.1) is 19.8 Å². The van der Waals surface area contributed by atoms with E-state index >= 15 is 0 Å². The molecule has 4 nitrogen and oxygen atoms in total. The van der Waals surface area contributed by atoms with Gasteiger partial charge in [-0.3, -0.25) is 0 Å². The lowest BCUT2D eigenvalue weighted by Crippen LogP contribution is -2.30. The Morgan fingerprint density at radius 3 is 2.83 bits per heavy atom. The monoisotopic (exact) mass is 258 g/mol. The number of nitrogens with one attached hydrogen (secondary N) is 1. The molecule has 0 spiro atoms. The van der Waals surface area contributed by atoms with Crippen molar-refractivity contribution < 1.29 is 9.47 Å². The highest BCUT2D eigenvalue weighted by molar-refractivity contribution is 4.77. The minimum absolute atomic E-state index is 0.696. The summed E-state index contributed by atoms with van der Waals surface area (Å²) in [5, 5.41) is 3.56. The molecule has 0 bridgehead atoms. The molecule has 1 N–H and O–H groups in total. The molecule has 1 saturated heterocycles. The molecule has 1 rings (SSSR count). The highest BCUT2D eigenvalue weighted by Crippen LogP contribution is 2.14. The second-order valence-corrected chi connectivity index (χ2v) is 5.61. The first-order valence-electron chi connectivity index (χ1n) is 7.22. The number of ether oxygens (including phenoxy) is 2. The lowest BCUT2D eigenvalue weighted by atomic mass is 10.1. The Bertz CT molecular complexity index is 200. The molecule has 1 fully saturated rings. The zero-order chi connectivity index (χ0) is 13.2. The highest BCUT2D eigenvalue weighted by Gasteiger charge is 2.21. The second-order valence-electron chi connectivity index (χ2n) is 5.61. The molecule has 1 aliphatic heterocycles. The maximum absolute atomic E-state index is 5.50. The molecule has 0 aliphatic carbocycles. The van der Waals surface area contributed by atoms with E-state index in [1.54, 1.807) is 7.11 Å². The molecule has 4 heteroatoms. The summed E-state index contributed by atoms with van der Waals surface area (Å²) in [6.45, 7) is 12.6. The number of rotatable bonds is 10. The molecule has 0 saturated carbocycles. The van der Waals surface area contributed by atoms with E-state index in [1.807, 2.05) is 0 Å². The lowest BCUT2D eigenvalue weighted by Gasteiger charge is -2.16. The number of methoxy groups -OCH3 is 1. The van der Waals surface area contributed by atoms with Crippen LogP contribution in [0.25, 0.3) is 0 Å². The van der Waals surface area contributed by atoms with Gasteiger partial charge < -0.3 is 19.7 Å². The smallest absolute Gasteiger partial charge is 0.0700 e. The van der Waals surface area contributed by atoms with Crippen molar-refractivity contribution in [3.8, 4) is 0 Å². The summed E-state index contributed by atoms with van der Waals surface area (Å²) in [5.41, 5.74) is 0. The van der Waals surface area contributed by atoms with Crippen LogP contribution < -0.4 is 5.32 Å². The number of nitrogens with zero attached hydrogens (tertiary/aromatic N) is 1. The van der Waals surface area contributed by atoms with Crippen LogP contribution in [-0.2, 0) is 9.47 Å². The van der Waals surface area contributed by atoms with E-state index in [4.69, 9.17) is 9.47 Å². The van der Waals surface area contributed by atoms with E-state index in [-0.39, 0.29) is 0 Å². The van der Waals surface area contributed by atoms with Gasteiger partial charge in [-0.25, -0.2) is 0 Å². The van der Waals surface area contributed by atoms with Gasteiger partial charge in [-0.15, -0.1) is 0 Å². The maximum Gasteiger partial charge on any atom is 0.0700 e. The van der Waals surface area contributed by atoms with Crippen molar-refractivity contribution in [2.75, 3.05) is 59.7 Å². The standard InChI is InChI=1S/C14H30N2O2/c1-13(2)10-15-11-14-4-5-16(12-14)6-7-18-9-8-17-3/h13-15H,4-12H2,1-3H3. The molecule has 0 aromatic carbocycles. The fourth-order valence-electron chi connectivity index (χ4n) is 2.30. The predicted molar refractivity (Wildman–Crippen MR) is 74.9 cm³/mol. The summed E-state index contributed by atoms with van der Waals surface area (Å²) in [6, 6.07) is 0. The summed E-state index contributed by atoms with van der Waals surface area (Å²) in [6.07, 6.45) is 1.32. The Labute approximate surface area is 112 Å². The number of likely N-dealkylation sites (tertiary alicyclic amines) is 1. The zero-order valence-corrected chi connectivity index (χ0v) is 12.3. The number of hydrogen-bond acceptors (Lipinski definition) is 4. The van der Waals surface area contributed by atoms with Gasteiger partial charge in [0.2, 0.25) is 0 Å². The van der Waals surface area contributed by atoms with Gasteiger partial charge in [-0.05, 0) is 37.9 Å². The van der Waals surface area contributed by atoms with E-state index in [2.05, 4.69) is 24.1 Å². The van der Waals surface area contributed by atoms with Crippen LogP contribution in [0.1, 0.15) is 20.3 Å². The molecule has 1 heterocycles. The third-order valence-corrected chi connectivity index (χ3v) is 3.34.